The number of thiazole rings is 1. The summed E-state index contributed by atoms with van der Waals surface area (Å²) in [6.07, 6.45) is 1.62. The average Bonchev–Trinajstić information content (AvgIpc) is 3.75. The van der Waals surface area contributed by atoms with Crippen LogP contribution in [0.3, 0.4) is 0 Å². The quantitative estimate of drug-likeness (QED) is 0.148. The first-order valence-electron chi connectivity index (χ1n) is 12.6. The van der Waals surface area contributed by atoms with E-state index in [0.717, 1.165) is 10.4 Å². The van der Waals surface area contributed by atoms with Crippen molar-refractivity contribution in [3.8, 4) is 11.3 Å². The number of nitrogens with zero attached hydrogens (tertiary/aromatic N) is 3. The lowest BCUT2D eigenvalue weighted by molar-refractivity contribution is -0.384. The van der Waals surface area contributed by atoms with E-state index in [1.54, 1.807) is 37.3 Å². The number of hydrogen-bond acceptors (Lipinski definition) is 9. The molecule has 0 amide bonds. The summed E-state index contributed by atoms with van der Waals surface area (Å²) in [6.45, 7) is 1.92. The van der Waals surface area contributed by atoms with Gasteiger partial charge in [-0.1, -0.05) is 59.9 Å². The molecule has 0 bridgehead atoms. The molecule has 11 heteroatoms. The third kappa shape index (κ3) is 4.96. The number of nitro benzene ring substituents is 1. The number of non-ortho nitro benzene ring substituents is 1. The number of fused-ring (bicyclic) bond motifs is 1. The van der Waals surface area contributed by atoms with Crippen LogP contribution < -0.4 is 14.9 Å². The van der Waals surface area contributed by atoms with Crippen LogP contribution in [-0.4, -0.2) is 22.1 Å². The van der Waals surface area contributed by atoms with Crippen molar-refractivity contribution in [2.24, 2.45) is 4.99 Å². The van der Waals surface area contributed by atoms with Gasteiger partial charge in [-0.15, -0.1) is 11.3 Å². The van der Waals surface area contributed by atoms with Crippen molar-refractivity contribution in [1.82, 2.24) is 4.57 Å². The molecule has 0 radical (unpaired) electrons. The molecule has 1 atom stereocenters. The highest BCUT2D eigenvalue weighted by Gasteiger charge is 2.35. The van der Waals surface area contributed by atoms with E-state index in [2.05, 4.69) is 0 Å². The van der Waals surface area contributed by atoms with Crippen LogP contribution in [0.2, 0.25) is 0 Å². The van der Waals surface area contributed by atoms with Crippen LogP contribution in [0.1, 0.15) is 29.2 Å². The number of thiophene rings is 1. The van der Waals surface area contributed by atoms with Gasteiger partial charge in [0.15, 0.2) is 4.80 Å². The summed E-state index contributed by atoms with van der Waals surface area (Å²) in [5, 5.41) is 13.1. The zero-order valence-electron chi connectivity index (χ0n) is 21.6. The zero-order valence-corrected chi connectivity index (χ0v) is 23.2. The van der Waals surface area contributed by atoms with Crippen molar-refractivity contribution < 1.29 is 18.9 Å². The molecular formula is C30H21N3O6S2. The number of hydrogen-bond donors (Lipinski definition) is 0. The van der Waals surface area contributed by atoms with Gasteiger partial charge in [-0.3, -0.25) is 19.5 Å². The van der Waals surface area contributed by atoms with Crippen LogP contribution in [0, 0.1) is 10.1 Å². The topological polar surface area (TPSA) is 117 Å². The lowest BCUT2D eigenvalue weighted by Gasteiger charge is -2.24. The maximum atomic E-state index is 13.9. The summed E-state index contributed by atoms with van der Waals surface area (Å²) in [5.41, 5.74) is 1.67. The molecule has 0 aliphatic carbocycles. The largest absolute Gasteiger partial charge is 0.463 e. The Morgan fingerprint density at radius 2 is 1.90 bits per heavy atom. The van der Waals surface area contributed by atoms with Crippen molar-refractivity contribution in [2.75, 3.05) is 6.61 Å². The van der Waals surface area contributed by atoms with E-state index in [1.165, 1.54) is 39.4 Å². The molecule has 6 rings (SSSR count). The van der Waals surface area contributed by atoms with E-state index in [9.17, 15) is 19.7 Å². The molecule has 0 spiro atoms. The highest BCUT2D eigenvalue weighted by Crippen LogP contribution is 2.37. The molecule has 1 aliphatic heterocycles. The number of carbonyl (C=O) groups excluding carboxylic acids is 1. The van der Waals surface area contributed by atoms with E-state index in [-0.39, 0.29) is 17.9 Å². The number of carbonyl (C=O) groups is 1. The minimum Gasteiger partial charge on any atom is -0.463 e. The smallest absolute Gasteiger partial charge is 0.338 e. The number of nitro groups is 1. The molecule has 1 unspecified atom stereocenters. The molecule has 5 aromatic rings. The summed E-state index contributed by atoms with van der Waals surface area (Å²) < 4.78 is 13.3. The maximum absolute atomic E-state index is 13.9. The van der Waals surface area contributed by atoms with E-state index in [0.29, 0.717) is 37.7 Å². The van der Waals surface area contributed by atoms with Crippen molar-refractivity contribution in [3.63, 3.8) is 0 Å². The number of furan rings is 1. The predicted molar refractivity (Wildman–Crippen MR) is 156 cm³/mol. The molecule has 9 nitrogen and oxygen atoms in total. The van der Waals surface area contributed by atoms with E-state index < -0.39 is 16.9 Å². The first-order chi connectivity index (χ1) is 19.9. The van der Waals surface area contributed by atoms with Gasteiger partial charge in [0, 0.05) is 34.2 Å². The third-order valence-corrected chi connectivity index (χ3v) is 8.34. The number of ether oxygens (including phenoxy) is 1. The molecule has 204 valence electrons. The summed E-state index contributed by atoms with van der Waals surface area (Å²) in [6, 6.07) is 21.9. The lowest BCUT2D eigenvalue weighted by Crippen LogP contribution is -2.39. The molecule has 41 heavy (non-hydrogen) atoms. The first kappa shape index (κ1) is 26.4. The second-order valence-corrected chi connectivity index (χ2v) is 10.9. The zero-order chi connectivity index (χ0) is 28.5. The van der Waals surface area contributed by atoms with Crippen LogP contribution in [0.4, 0.5) is 5.69 Å². The van der Waals surface area contributed by atoms with Crippen LogP contribution in [-0.2, 0) is 9.53 Å². The fourth-order valence-corrected chi connectivity index (χ4v) is 6.45. The van der Waals surface area contributed by atoms with Crippen LogP contribution in [0.15, 0.2) is 104 Å². The number of benzene rings is 2. The lowest BCUT2D eigenvalue weighted by atomic mass is 9.97. The Morgan fingerprint density at radius 3 is 2.63 bits per heavy atom. The van der Waals surface area contributed by atoms with Gasteiger partial charge in [-0.2, -0.15) is 0 Å². The van der Waals surface area contributed by atoms with Gasteiger partial charge in [0.1, 0.15) is 17.6 Å². The Bertz CT molecular complexity index is 1980. The van der Waals surface area contributed by atoms with Gasteiger partial charge in [0.2, 0.25) is 0 Å². The van der Waals surface area contributed by atoms with Gasteiger partial charge in [0.25, 0.3) is 11.2 Å². The molecule has 0 saturated carbocycles. The second-order valence-electron chi connectivity index (χ2n) is 8.96. The van der Waals surface area contributed by atoms with Gasteiger partial charge in [-0.25, -0.2) is 9.79 Å². The number of rotatable bonds is 7. The summed E-state index contributed by atoms with van der Waals surface area (Å²) >= 11 is 2.63. The molecule has 0 saturated heterocycles. The normalized spacial score (nSPS) is 15.0. The van der Waals surface area contributed by atoms with Crippen molar-refractivity contribution >= 4 is 46.1 Å². The van der Waals surface area contributed by atoms with E-state index >= 15 is 0 Å². The Morgan fingerprint density at radius 1 is 1.10 bits per heavy atom. The Hall–Kier alpha value is -4.87. The second kappa shape index (κ2) is 11.0. The Labute approximate surface area is 240 Å². The van der Waals surface area contributed by atoms with E-state index in [1.807, 2.05) is 47.8 Å². The number of esters is 1. The summed E-state index contributed by atoms with van der Waals surface area (Å²) in [5.74, 6) is 0.299. The molecule has 2 aromatic carbocycles. The molecule has 4 heterocycles. The van der Waals surface area contributed by atoms with Crippen LogP contribution in [0.25, 0.3) is 23.1 Å². The van der Waals surface area contributed by atoms with E-state index in [4.69, 9.17) is 14.1 Å². The molecule has 0 fully saturated rings. The van der Waals surface area contributed by atoms with Gasteiger partial charge < -0.3 is 9.15 Å². The van der Waals surface area contributed by atoms with Gasteiger partial charge in [0.05, 0.1) is 27.3 Å². The molecular weight excluding hydrogens is 562 g/mol. The summed E-state index contributed by atoms with van der Waals surface area (Å²) in [7, 11) is 0. The molecule has 0 N–H and O–H groups in total. The standard InChI is InChI=1S/C30H21N3O6S2/c1-2-38-29(35)25-26(18-8-4-3-5-9-18)31-30-32(27(25)23-12-7-15-40-23)28(34)24(41-30)17-21-13-14-22(39-21)19-10-6-11-20(16-19)33(36)37/h3-17,27H,2H2,1H3/b24-17-. The molecule has 3 aromatic heterocycles. The fraction of sp³-hybridized carbons (Fsp3) is 0.100. The summed E-state index contributed by atoms with van der Waals surface area (Å²) in [4.78, 5) is 44.1. The highest BCUT2D eigenvalue weighted by molar-refractivity contribution is 7.10. The minimum atomic E-state index is -0.723. The van der Waals surface area contributed by atoms with Crippen molar-refractivity contribution in [3.05, 3.63) is 136 Å². The van der Waals surface area contributed by atoms with Crippen LogP contribution >= 0.6 is 22.7 Å². The van der Waals surface area contributed by atoms with Gasteiger partial charge >= 0.3 is 5.97 Å². The first-order valence-corrected chi connectivity index (χ1v) is 14.3. The molecule has 1 aliphatic rings. The highest BCUT2D eigenvalue weighted by atomic mass is 32.1. The van der Waals surface area contributed by atoms with Crippen molar-refractivity contribution in [2.45, 2.75) is 13.0 Å². The predicted octanol–water partition coefficient (Wildman–Crippen LogP) is 5.17. The minimum absolute atomic E-state index is 0.0473. The SMILES string of the molecule is CCOC(=O)C1=C(c2ccccc2)N=c2s/c(=C\c3ccc(-c4cccc([N+](=O)[O-])c4)o3)c(=O)n2C1c1cccs1. The monoisotopic (exact) mass is 583 g/mol. The Balaban J connectivity index is 1.51. The maximum Gasteiger partial charge on any atom is 0.338 e. The average molecular weight is 584 g/mol. The van der Waals surface area contributed by atoms with Crippen LogP contribution in [0.5, 0.6) is 0 Å². The van der Waals surface area contributed by atoms with Crippen molar-refractivity contribution in [1.29, 1.82) is 0 Å². The number of aromatic nitrogens is 1. The third-order valence-electron chi connectivity index (χ3n) is 6.43. The fourth-order valence-electron chi connectivity index (χ4n) is 4.64. The van der Waals surface area contributed by atoms with Gasteiger partial charge in [-0.05, 0) is 30.5 Å². The Kier molecular flexibility index (Phi) is 7.04.